The zero-order valence-corrected chi connectivity index (χ0v) is 16.1. The van der Waals surface area contributed by atoms with Gasteiger partial charge in [-0.3, -0.25) is 15.0 Å². The largest absolute Gasteiger partial charge is 0.497 e. The first kappa shape index (κ1) is 19.7. The van der Waals surface area contributed by atoms with Crippen LogP contribution < -0.4 is 20.5 Å². The van der Waals surface area contributed by atoms with Gasteiger partial charge in [-0.1, -0.05) is 36.4 Å². The third-order valence-electron chi connectivity index (χ3n) is 5.04. The van der Waals surface area contributed by atoms with Crippen LogP contribution in [0, 0.1) is 0 Å². The lowest BCUT2D eigenvalue weighted by atomic mass is 9.98. The van der Waals surface area contributed by atoms with Crippen molar-refractivity contribution < 1.29 is 19.1 Å². The number of carbonyl (C=O) groups is 2. The molecule has 1 heterocycles. The molecule has 0 aromatic heterocycles. The molecule has 1 aliphatic rings. The number of methoxy groups -OCH3 is 2. The van der Waals surface area contributed by atoms with Gasteiger partial charge in [0.25, 0.3) is 0 Å². The maximum atomic E-state index is 12.9. The fraction of sp³-hybridized carbons (Fsp3) is 0.333. The Bertz CT molecular complexity index is 841. The topological polar surface area (TPSA) is 93.9 Å². The van der Waals surface area contributed by atoms with Gasteiger partial charge in [-0.15, -0.1) is 0 Å². The lowest BCUT2D eigenvalue weighted by Gasteiger charge is -2.33. The van der Waals surface area contributed by atoms with Crippen molar-refractivity contribution in [2.24, 2.45) is 5.73 Å². The molecule has 0 spiro atoms. The highest BCUT2D eigenvalue weighted by atomic mass is 16.5. The number of nitrogens with one attached hydrogen (secondary N) is 1. The van der Waals surface area contributed by atoms with Gasteiger partial charge in [0, 0.05) is 17.7 Å². The summed E-state index contributed by atoms with van der Waals surface area (Å²) in [7, 11) is 3.22. The summed E-state index contributed by atoms with van der Waals surface area (Å²) in [4.78, 5) is 26.3. The molecule has 3 rings (SSSR count). The van der Waals surface area contributed by atoms with Crippen LogP contribution in [0.15, 0.2) is 48.5 Å². The quantitative estimate of drug-likeness (QED) is 0.800. The van der Waals surface area contributed by atoms with Gasteiger partial charge < -0.3 is 15.2 Å². The number of imide groups is 1. The predicted octanol–water partition coefficient (Wildman–Crippen LogP) is 2.78. The Morgan fingerprint density at radius 3 is 2.54 bits per heavy atom. The molecule has 0 radical (unpaired) electrons. The molecule has 2 atom stereocenters. The molecule has 148 valence electrons. The number of rotatable bonds is 6. The summed E-state index contributed by atoms with van der Waals surface area (Å²) >= 11 is 0. The van der Waals surface area contributed by atoms with Crippen LogP contribution in [0.2, 0.25) is 0 Å². The number of hydrogen-bond acceptors (Lipinski definition) is 5. The summed E-state index contributed by atoms with van der Waals surface area (Å²) in [5.41, 5.74) is 6.99. The molecule has 2 aromatic rings. The Hall–Kier alpha value is -3.06. The maximum Gasteiger partial charge on any atom is 0.318 e. The number of nitrogens with zero attached hydrogens (tertiary/aromatic N) is 1. The van der Waals surface area contributed by atoms with Gasteiger partial charge in [0.1, 0.15) is 17.5 Å². The van der Waals surface area contributed by atoms with E-state index in [1.807, 2.05) is 48.5 Å². The Morgan fingerprint density at radius 1 is 1.14 bits per heavy atom. The third-order valence-corrected chi connectivity index (χ3v) is 5.04. The van der Waals surface area contributed by atoms with Gasteiger partial charge in [0.15, 0.2) is 0 Å². The second-order valence-corrected chi connectivity index (χ2v) is 6.67. The Kier molecular flexibility index (Phi) is 6.16. The second kappa shape index (κ2) is 8.75. The van der Waals surface area contributed by atoms with Crippen molar-refractivity contribution in [3.63, 3.8) is 0 Å². The van der Waals surface area contributed by atoms with Gasteiger partial charge in [0.05, 0.1) is 14.2 Å². The van der Waals surface area contributed by atoms with E-state index in [0.717, 1.165) is 24.0 Å². The second-order valence-electron chi connectivity index (χ2n) is 6.67. The molecule has 1 fully saturated rings. The standard InChI is InChI=1S/C21H25N3O4/c1-27-15-10-11-16(18(13-15)28-2)17-9-6-12-24(17)19(20(25)23-21(22)26)14-7-4-3-5-8-14/h3-5,7-8,10-11,13,17,19H,6,9,12H2,1-2H3,(H3,22,23,25,26)/t17-,19-/m0/s1. The summed E-state index contributed by atoms with van der Waals surface area (Å²) in [5.74, 6) is 0.979. The first-order valence-corrected chi connectivity index (χ1v) is 9.18. The van der Waals surface area contributed by atoms with E-state index in [1.54, 1.807) is 14.2 Å². The molecule has 28 heavy (non-hydrogen) atoms. The highest BCUT2D eigenvalue weighted by Gasteiger charge is 2.38. The molecule has 1 aliphatic heterocycles. The summed E-state index contributed by atoms with van der Waals surface area (Å²) in [6.07, 6.45) is 1.79. The average molecular weight is 383 g/mol. The number of amides is 3. The van der Waals surface area contributed by atoms with Crippen molar-refractivity contribution in [1.29, 1.82) is 0 Å². The Labute approximate surface area is 164 Å². The maximum absolute atomic E-state index is 12.9. The lowest BCUT2D eigenvalue weighted by molar-refractivity contribution is -0.126. The number of carbonyl (C=O) groups excluding carboxylic acids is 2. The van der Waals surface area contributed by atoms with Gasteiger partial charge in [-0.2, -0.15) is 0 Å². The van der Waals surface area contributed by atoms with Crippen molar-refractivity contribution in [1.82, 2.24) is 10.2 Å². The first-order valence-electron chi connectivity index (χ1n) is 9.18. The van der Waals surface area contributed by atoms with Crippen LogP contribution in [-0.4, -0.2) is 37.6 Å². The number of hydrogen-bond donors (Lipinski definition) is 2. The number of nitrogens with two attached hydrogens (primary N) is 1. The highest BCUT2D eigenvalue weighted by molar-refractivity contribution is 5.96. The molecule has 3 N–H and O–H groups in total. The zero-order chi connectivity index (χ0) is 20.1. The van der Waals surface area contributed by atoms with Crippen LogP contribution in [0.3, 0.4) is 0 Å². The van der Waals surface area contributed by atoms with E-state index in [1.165, 1.54) is 0 Å². The van der Waals surface area contributed by atoms with Crippen molar-refractivity contribution in [3.8, 4) is 11.5 Å². The summed E-state index contributed by atoms with van der Waals surface area (Å²) in [6.45, 7) is 0.714. The van der Waals surface area contributed by atoms with E-state index in [9.17, 15) is 9.59 Å². The fourth-order valence-electron chi connectivity index (χ4n) is 3.84. The molecule has 7 heteroatoms. The number of benzene rings is 2. The van der Waals surface area contributed by atoms with E-state index in [-0.39, 0.29) is 6.04 Å². The normalized spacial score (nSPS) is 17.7. The van der Waals surface area contributed by atoms with E-state index in [2.05, 4.69) is 10.2 Å². The molecular formula is C21H25N3O4. The van der Waals surface area contributed by atoms with Gasteiger partial charge in [-0.25, -0.2) is 4.79 Å². The van der Waals surface area contributed by atoms with E-state index in [4.69, 9.17) is 15.2 Å². The molecule has 0 unspecified atom stereocenters. The molecule has 7 nitrogen and oxygen atoms in total. The van der Waals surface area contributed by atoms with E-state index in [0.29, 0.717) is 18.0 Å². The number of urea groups is 1. The molecule has 0 saturated carbocycles. The molecule has 1 saturated heterocycles. The highest BCUT2D eigenvalue weighted by Crippen LogP contribution is 2.42. The number of likely N-dealkylation sites (tertiary alicyclic amines) is 1. The molecule has 2 aromatic carbocycles. The summed E-state index contributed by atoms with van der Waals surface area (Å²) < 4.78 is 10.9. The van der Waals surface area contributed by atoms with Crippen molar-refractivity contribution >= 4 is 11.9 Å². The van der Waals surface area contributed by atoms with Crippen LogP contribution in [0.1, 0.15) is 36.1 Å². The minimum Gasteiger partial charge on any atom is -0.497 e. The van der Waals surface area contributed by atoms with Crippen molar-refractivity contribution in [2.45, 2.75) is 24.9 Å². The molecule has 0 aliphatic carbocycles. The summed E-state index contributed by atoms with van der Waals surface area (Å²) in [6, 6.07) is 13.6. The van der Waals surface area contributed by atoms with Crippen LogP contribution >= 0.6 is 0 Å². The van der Waals surface area contributed by atoms with Crippen molar-refractivity contribution in [3.05, 3.63) is 59.7 Å². The first-order chi connectivity index (χ1) is 13.5. The fourth-order valence-corrected chi connectivity index (χ4v) is 3.84. The SMILES string of the molecule is COc1ccc([C@@H]2CCCN2[C@H](C(=O)NC(N)=O)c2ccccc2)c(OC)c1. The molecule has 0 bridgehead atoms. The zero-order valence-electron chi connectivity index (χ0n) is 16.1. The minimum atomic E-state index is -0.858. The minimum absolute atomic E-state index is 0.0373. The Morgan fingerprint density at radius 2 is 1.89 bits per heavy atom. The lowest BCUT2D eigenvalue weighted by Crippen LogP contribution is -2.44. The van der Waals surface area contributed by atoms with Gasteiger partial charge in [-0.05, 0) is 31.0 Å². The van der Waals surface area contributed by atoms with Crippen LogP contribution in [0.25, 0.3) is 0 Å². The average Bonchev–Trinajstić information content (AvgIpc) is 3.16. The predicted molar refractivity (Wildman–Crippen MR) is 105 cm³/mol. The Balaban J connectivity index is 2.00. The molecule has 3 amide bonds. The number of primary amides is 1. The number of ether oxygens (including phenoxy) is 2. The van der Waals surface area contributed by atoms with E-state index < -0.39 is 18.0 Å². The van der Waals surface area contributed by atoms with Crippen molar-refractivity contribution in [2.75, 3.05) is 20.8 Å². The van der Waals surface area contributed by atoms with Gasteiger partial charge >= 0.3 is 6.03 Å². The smallest absolute Gasteiger partial charge is 0.318 e. The van der Waals surface area contributed by atoms with Crippen LogP contribution in [-0.2, 0) is 4.79 Å². The van der Waals surface area contributed by atoms with E-state index >= 15 is 0 Å². The van der Waals surface area contributed by atoms with Crippen LogP contribution in [0.4, 0.5) is 4.79 Å². The van der Waals surface area contributed by atoms with Gasteiger partial charge in [0.2, 0.25) is 5.91 Å². The summed E-state index contributed by atoms with van der Waals surface area (Å²) in [5, 5.41) is 2.24. The van der Waals surface area contributed by atoms with Crippen LogP contribution in [0.5, 0.6) is 11.5 Å². The third kappa shape index (κ3) is 4.09. The monoisotopic (exact) mass is 383 g/mol. The molecular weight excluding hydrogens is 358 g/mol.